The van der Waals surface area contributed by atoms with Crippen LogP contribution in [0.2, 0.25) is 0 Å². The standard InChI is InChI=1S/C34H29NO5/c36-33(37)21-28-16-18-31(38-22-25-10-4-1-5-11-25)30(20-28)29-17-19-32(39-23-26-12-6-2-7-13-26)35-34(29)40-24-27-14-8-3-9-15-27/h1-20H,21-24H2,(H,36,37). The second kappa shape index (κ2) is 13.1. The molecule has 1 aromatic heterocycles. The van der Waals surface area contributed by atoms with Crippen LogP contribution in [-0.2, 0) is 31.0 Å². The van der Waals surface area contributed by atoms with Crippen LogP contribution in [0.5, 0.6) is 17.5 Å². The van der Waals surface area contributed by atoms with Crippen molar-refractivity contribution < 1.29 is 24.1 Å². The minimum atomic E-state index is -0.910. The Morgan fingerprint density at radius 2 is 1.12 bits per heavy atom. The molecule has 40 heavy (non-hydrogen) atoms. The molecule has 6 nitrogen and oxygen atoms in total. The maximum atomic E-state index is 11.5. The van der Waals surface area contributed by atoms with E-state index in [9.17, 15) is 9.90 Å². The van der Waals surface area contributed by atoms with Crippen LogP contribution in [0, 0.1) is 0 Å². The smallest absolute Gasteiger partial charge is 0.307 e. The van der Waals surface area contributed by atoms with E-state index in [1.807, 2.05) is 103 Å². The summed E-state index contributed by atoms with van der Waals surface area (Å²) in [7, 11) is 0. The Morgan fingerprint density at radius 3 is 1.70 bits per heavy atom. The molecule has 0 unspecified atom stereocenters. The summed E-state index contributed by atoms with van der Waals surface area (Å²) in [6, 6.07) is 38.6. The summed E-state index contributed by atoms with van der Waals surface area (Å²) in [4.78, 5) is 16.2. The minimum Gasteiger partial charge on any atom is -0.488 e. The van der Waals surface area contributed by atoms with Gasteiger partial charge in [0.2, 0.25) is 11.8 Å². The Bertz CT molecular complexity index is 1540. The average molecular weight is 532 g/mol. The van der Waals surface area contributed by atoms with Crippen LogP contribution in [0.25, 0.3) is 11.1 Å². The number of hydrogen-bond acceptors (Lipinski definition) is 5. The molecule has 0 saturated heterocycles. The highest BCUT2D eigenvalue weighted by Crippen LogP contribution is 2.38. The molecule has 0 aliphatic carbocycles. The molecule has 1 heterocycles. The summed E-state index contributed by atoms with van der Waals surface area (Å²) < 4.78 is 18.5. The molecule has 0 saturated carbocycles. The van der Waals surface area contributed by atoms with Crippen LogP contribution in [0.4, 0.5) is 0 Å². The Hall–Kier alpha value is -5.10. The van der Waals surface area contributed by atoms with Crippen molar-refractivity contribution in [2.45, 2.75) is 26.2 Å². The maximum absolute atomic E-state index is 11.5. The molecular weight excluding hydrogens is 502 g/mol. The van der Waals surface area contributed by atoms with Crippen molar-refractivity contribution in [2.24, 2.45) is 0 Å². The van der Waals surface area contributed by atoms with Gasteiger partial charge in [-0.25, -0.2) is 0 Å². The Balaban J connectivity index is 1.49. The minimum absolute atomic E-state index is 0.113. The molecule has 6 heteroatoms. The van der Waals surface area contributed by atoms with Gasteiger partial charge in [-0.1, -0.05) is 97.1 Å². The van der Waals surface area contributed by atoms with Gasteiger partial charge < -0.3 is 19.3 Å². The number of ether oxygens (including phenoxy) is 3. The normalized spacial score (nSPS) is 10.6. The van der Waals surface area contributed by atoms with E-state index in [2.05, 4.69) is 0 Å². The zero-order valence-corrected chi connectivity index (χ0v) is 21.9. The zero-order valence-electron chi connectivity index (χ0n) is 21.9. The second-order valence-electron chi connectivity index (χ2n) is 9.23. The van der Waals surface area contributed by atoms with Crippen LogP contribution in [0.1, 0.15) is 22.3 Å². The lowest BCUT2D eigenvalue weighted by Crippen LogP contribution is -2.05. The highest BCUT2D eigenvalue weighted by Gasteiger charge is 2.17. The molecule has 0 spiro atoms. The Labute approximate surface area is 233 Å². The summed E-state index contributed by atoms with van der Waals surface area (Å²) in [5, 5.41) is 9.42. The molecule has 0 fully saturated rings. The number of aromatic nitrogens is 1. The first-order chi connectivity index (χ1) is 19.6. The number of rotatable bonds is 12. The lowest BCUT2D eigenvalue weighted by atomic mass is 10.0. The van der Waals surface area contributed by atoms with E-state index in [0.29, 0.717) is 54.0 Å². The van der Waals surface area contributed by atoms with E-state index < -0.39 is 5.97 Å². The summed E-state index contributed by atoms with van der Waals surface area (Å²) in [6.45, 7) is 1.03. The number of carboxylic acid groups (broad SMARTS) is 1. The number of benzene rings is 4. The Morgan fingerprint density at radius 1 is 0.575 bits per heavy atom. The first kappa shape index (κ1) is 26.5. The fraction of sp³-hybridized carbons (Fsp3) is 0.118. The number of hydrogen-bond donors (Lipinski definition) is 1. The molecule has 4 aromatic carbocycles. The van der Waals surface area contributed by atoms with Gasteiger partial charge in [-0.15, -0.1) is 0 Å². The quantitative estimate of drug-likeness (QED) is 0.185. The van der Waals surface area contributed by atoms with Crippen LogP contribution in [0.3, 0.4) is 0 Å². The predicted molar refractivity (Wildman–Crippen MR) is 153 cm³/mol. The second-order valence-corrected chi connectivity index (χ2v) is 9.23. The van der Waals surface area contributed by atoms with Gasteiger partial charge in [-0.05, 0) is 40.5 Å². The van der Waals surface area contributed by atoms with E-state index in [1.54, 1.807) is 18.2 Å². The highest BCUT2D eigenvalue weighted by molar-refractivity contribution is 5.77. The topological polar surface area (TPSA) is 77.9 Å². The Kier molecular flexibility index (Phi) is 8.69. The number of aliphatic carboxylic acids is 1. The van der Waals surface area contributed by atoms with E-state index >= 15 is 0 Å². The lowest BCUT2D eigenvalue weighted by molar-refractivity contribution is -0.136. The lowest BCUT2D eigenvalue weighted by Gasteiger charge is -2.17. The molecule has 0 atom stereocenters. The zero-order chi connectivity index (χ0) is 27.6. The summed E-state index contributed by atoms with van der Waals surface area (Å²) in [6.07, 6.45) is -0.113. The van der Waals surface area contributed by atoms with Crippen molar-refractivity contribution in [2.75, 3.05) is 0 Å². The van der Waals surface area contributed by atoms with E-state index in [4.69, 9.17) is 19.2 Å². The molecule has 0 amide bonds. The van der Waals surface area contributed by atoms with Crippen LogP contribution in [0.15, 0.2) is 121 Å². The van der Waals surface area contributed by atoms with Crippen molar-refractivity contribution in [3.05, 3.63) is 144 Å². The molecule has 5 rings (SSSR count). The summed E-state index contributed by atoms with van der Waals surface area (Å²) in [5.41, 5.74) is 5.06. The van der Waals surface area contributed by atoms with Crippen molar-refractivity contribution in [1.29, 1.82) is 0 Å². The van der Waals surface area contributed by atoms with Gasteiger partial charge in [0, 0.05) is 17.2 Å². The molecule has 5 aromatic rings. The van der Waals surface area contributed by atoms with Gasteiger partial charge in [-0.3, -0.25) is 4.79 Å². The van der Waals surface area contributed by atoms with Crippen molar-refractivity contribution in [3.63, 3.8) is 0 Å². The first-order valence-electron chi connectivity index (χ1n) is 13.0. The van der Waals surface area contributed by atoms with Gasteiger partial charge in [0.25, 0.3) is 0 Å². The number of carbonyl (C=O) groups is 1. The first-order valence-corrected chi connectivity index (χ1v) is 13.0. The number of carboxylic acids is 1. The number of nitrogens with zero attached hydrogens (tertiary/aromatic N) is 1. The van der Waals surface area contributed by atoms with Crippen LogP contribution >= 0.6 is 0 Å². The van der Waals surface area contributed by atoms with Gasteiger partial charge in [-0.2, -0.15) is 4.98 Å². The van der Waals surface area contributed by atoms with E-state index in [1.165, 1.54) is 0 Å². The van der Waals surface area contributed by atoms with Crippen LogP contribution < -0.4 is 14.2 Å². The third-order valence-corrected chi connectivity index (χ3v) is 6.21. The molecular formula is C34H29NO5. The average Bonchev–Trinajstić information content (AvgIpc) is 2.99. The molecule has 200 valence electrons. The number of pyridine rings is 1. The largest absolute Gasteiger partial charge is 0.488 e. The SMILES string of the molecule is O=C(O)Cc1ccc(OCc2ccccc2)c(-c2ccc(OCc3ccccc3)nc2OCc2ccccc2)c1. The van der Waals surface area contributed by atoms with Crippen LogP contribution in [-0.4, -0.2) is 16.1 Å². The van der Waals surface area contributed by atoms with E-state index in [0.717, 1.165) is 16.7 Å². The third-order valence-electron chi connectivity index (χ3n) is 6.21. The molecule has 0 radical (unpaired) electrons. The van der Waals surface area contributed by atoms with Gasteiger partial charge in [0.15, 0.2) is 0 Å². The molecule has 0 aliphatic heterocycles. The highest BCUT2D eigenvalue weighted by atomic mass is 16.5. The van der Waals surface area contributed by atoms with Crippen molar-refractivity contribution in [1.82, 2.24) is 4.98 Å². The summed E-state index contributed by atoms with van der Waals surface area (Å²) in [5.74, 6) is 0.477. The summed E-state index contributed by atoms with van der Waals surface area (Å²) >= 11 is 0. The van der Waals surface area contributed by atoms with Gasteiger partial charge in [0.05, 0.1) is 6.42 Å². The van der Waals surface area contributed by atoms with Gasteiger partial charge >= 0.3 is 5.97 Å². The van der Waals surface area contributed by atoms with E-state index in [-0.39, 0.29) is 6.42 Å². The molecule has 1 N–H and O–H groups in total. The fourth-order valence-corrected chi connectivity index (χ4v) is 4.21. The molecule has 0 aliphatic rings. The van der Waals surface area contributed by atoms with Crippen molar-refractivity contribution in [3.8, 4) is 28.6 Å². The van der Waals surface area contributed by atoms with Crippen molar-refractivity contribution >= 4 is 5.97 Å². The molecule has 0 bridgehead atoms. The monoisotopic (exact) mass is 531 g/mol. The third kappa shape index (κ3) is 7.26. The fourth-order valence-electron chi connectivity index (χ4n) is 4.21. The predicted octanol–water partition coefficient (Wildman–Crippen LogP) is 7.11. The van der Waals surface area contributed by atoms with Gasteiger partial charge in [0.1, 0.15) is 25.6 Å². The maximum Gasteiger partial charge on any atom is 0.307 e.